The molecular formula is C10H14O4S. The lowest BCUT2D eigenvalue weighted by Gasteiger charge is -2.04. The van der Waals surface area contributed by atoms with Gasteiger partial charge in [0.15, 0.2) is 11.5 Å². The molecule has 1 N–H and O–H groups in total. The van der Waals surface area contributed by atoms with Crippen molar-refractivity contribution in [3.05, 3.63) is 24.3 Å². The number of ether oxygens (including phenoxy) is 2. The zero-order valence-corrected chi connectivity index (χ0v) is 9.53. The lowest BCUT2D eigenvalue weighted by molar-refractivity contribution is -0.133. The molecule has 0 aliphatic carbocycles. The summed E-state index contributed by atoms with van der Waals surface area (Å²) in [4.78, 5) is 9.29. The summed E-state index contributed by atoms with van der Waals surface area (Å²) in [6.07, 6.45) is 0. The molecule has 0 heterocycles. The molecule has 0 amide bonds. The van der Waals surface area contributed by atoms with E-state index in [1.807, 2.05) is 24.3 Å². The standard InChI is InChI=1S/C8H10O2.C2H4O2S/c1-9-7-5-3-4-6-8(7)10-2;3-2(4)1-5/h3-6H,1-2H3;5H,1H2,(H,3,4). The van der Waals surface area contributed by atoms with Gasteiger partial charge >= 0.3 is 5.97 Å². The molecule has 1 aromatic rings. The molecule has 0 bridgehead atoms. The smallest absolute Gasteiger partial charge is 0.313 e. The van der Waals surface area contributed by atoms with Crippen molar-refractivity contribution in [2.24, 2.45) is 0 Å². The number of thiol groups is 1. The predicted octanol–water partition coefficient (Wildman–Crippen LogP) is 1.70. The molecule has 15 heavy (non-hydrogen) atoms. The van der Waals surface area contributed by atoms with Crippen molar-refractivity contribution in [2.75, 3.05) is 20.0 Å². The van der Waals surface area contributed by atoms with Crippen LogP contribution in [0, 0.1) is 0 Å². The molecule has 1 aromatic carbocycles. The van der Waals surface area contributed by atoms with E-state index in [1.54, 1.807) is 14.2 Å². The second kappa shape index (κ2) is 7.99. The second-order valence-electron chi connectivity index (χ2n) is 2.41. The van der Waals surface area contributed by atoms with Crippen LogP contribution in [0.3, 0.4) is 0 Å². The fourth-order valence-electron chi connectivity index (χ4n) is 0.787. The van der Waals surface area contributed by atoms with Crippen LogP contribution < -0.4 is 9.47 Å². The van der Waals surface area contributed by atoms with Crippen molar-refractivity contribution in [1.82, 2.24) is 0 Å². The van der Waals surface area contributed by atoms with Gasteiger partial charge in [0.1, 0.15) is 0 Å². The Morgan fingerprint density at radius 2 is 1.60 bits per heavy atom. The molecule has 0 atom stereocenters. The normalized spacial score (nSPS) is 8.47. The second-order valence-corrected chi connectivity index (χ2v) is 2.72. The van der Waals surface area contributed by atoms with E-state index in [9.17, 15) is 4.79 Å². The van der Waals surface area contributed by atoms with Gasteiger partial charge in [-0.2, -0.15) is 12.6 Å². The molecule has 0 unspecified atom stereocenters. The lowest BCUT2D eigenvalue weighted by Crippen LogP contribution is -1.92. The van der Waals surface area contributed by atoms with Crippen LogP contribution in [0.4, 0.5) is 0 Å². The number of carboxylic acids is 1. The molecule has 4 nitrogen and oxygen atoms in total. The van der Waals surface area contributed by atoms with Gasteiger partial charge in [-0.05, 0) is 12.1 Å². The van der Waals surface area contributed by atoms with Crippen LogP contribution in [0.15, 0.2) is 24.3 Å². The Labute approximate surface area is 94.2 Å². The molecule has 1 rings (SSSR count). The van der Waals surface area contributed by atoms with Gasteiger partial charge in [-0.3, -0.25) is 4.79 Å². The number of carboxylic acid groups (broad SMARTS) is 1. The van der Waals surface area contributed by atoms with Gasteiger partial charge in [0.05, 0.1) is 20.0 Å². The number of para-hydroxylation sites is 2. The highest BCUT2D eigenvalue weighted by Crippen LogP contribution is 2.24. The van der Waals surface area contributed by atoms with E-state index < -0.39 is 5.97 Å². The summed E-state index contributed by atoms with van der Waals surface area (Å²) < 4.78 is 10.0. The molecule has 0 radical (unpaired) electrons. The number of methoxy groups -OCH3 is 2. The third-order valence-corrected chi connectivity index (χ3v) is 1.69. The molecule has 0 saturated heterocycles. The molecule has 0 aromatic heterocycles. The average molecular weight is 230 g/mol. The molecule has 0 fully saturated rings. The highest BCUT2D eigenvalue weighted by atomic mass is 32.1. The first kappa shape index (κ1) is 13.6. The highest BCUT2D eigenvalue weighted by Gasteiger charge is 1.97. The Morgan fingerprint density at radius 1 is 1.27 bits per heavy atom. The first-order valence-electron chi connectivity index (χ1n) is 4.15. The minimum atomic E-state index is -0.881. The Hall–Kier alpha value is -1.36. The van der Waals surface area contributed by atoms with Crippen molar-refractivity contribution in [1.29, 1.82) is 0 Å². The maximum Gasteiger partial charge on any atom is 0.313 e. The number of carbonyl (C=O) groups is 1. The van der Waals surface area contributed by atoms with Crippen LogP contribution in [0.2, 0.25) is 0 Å². The van der Waals surface area contributed by atoms with E-state index in [2.05, 4.69) is 12.6 Å². The van der Waals surface area contributed by atoms with Crippen molar-refractivity contribution < 1.29 is 19.4 Å². The minimum Gasteiger partial charge on any atom is -0.493 e. The molecule has 0 aliphatic rings. The van der Waals surface area contributed by atoms with E-state index in [1.165, 1.54) is 0 Å². The zero-order valence-electron chi connectivity index (χ0n) is 8.64. The van der Waals surface area contributed by atoms with Crippen LogP contribution in [0.1, 0.15) is 0 Å². The highest BCUT2D eigenvalue weighted by molar-refractivity contribution is 7.81. The third-order valence-electron chi connectivity index (χ3n) is 1.42. The van der Waals surface area contributed by atoms with Gasteiger partial charge in [0.25, 0.3) is 0 Å². The van der Waals surface area contributed by atoms with Gasteiger partial charge in [-0.25, -0.2) is 0 Å². The fraction of sp³-hybridized carbons (Fsp3) is 0.300. The maximum atomic E-state index is 9.29. The van der Waals surface area contributed by atoms with Crippen LogP contribution in [-0.4, -0.2) is 31.0 Å². The number of hydrogen-bond donors (Lipinski definition) is 2. The van der Waals surface area contributed by atoms with Crippen LogP contribution in [0.5, 0.6) is 11.5 Å². The summed E-state index contributed by atoms with van der Waals surface area (Å²) in [5, 5.41) is 7.65. The first-order chi connectivity index (χ1) is 7.15. The van der Waals surface area contributed by atoms with E-state index in [0.29, 0.717) is 0 Å². The Morgan fingerprint density at radius 3 is 1.80 bits per heavy atom. The topological polar surface area (TPSA) is 55.8 Å². The van der Waals surface area contributed by atoms with Gasteiger partial charge in [0.2, 0.25) is 0 Å². The SMILES string of the molecule is COc1ccccc1OC.O=C(O)CS. The van der Waals surface area contributed by atoms with E-state index in [4.69, 9.17) is 14.6 Å². The average Bonchev–Trinajstić information content (AvgIpc) is 2.29. The molecule has 84 valence electrons. The van der Waals surface area contributed by atoms with Gasteiger partial charge in [-0.15, -0.1) is 0 Å². The Kier molecular flexibility index (Phi) is 7.27. The molecule has 0 aliphatic heterocycles. The maximum absolute atomic E-state index is 9.29. The van der Waals surface area contributed by atoms with Crippen molar-refractivity contribution in [3.8, 4) is 11.5 Å². The van der Waals surface area contributed by atoms with Gasteiger partial charge in [0, 0.05) is 0 Å². The predicted molar refractivity (Wildman–Crippen MR) is 61.0 cm³/mol. The summed E-state index contributed by atoms with van der Waals surface area (Å²) in [5.74, 6) is 0.573. The quantitative estimate of drug-likeness (QED) is 0.776. The molecular weight excluding hydrogens is 216 g/mol. The van der Waals surface area contributed by atoms with E-state index >= 15 is 0 Å². The van der Waals surface area contributed by atoms with Crippen LogP contribution in [-0.2, 0) is 4.79 Å². The third kappa shape index (κ3) is 5.85. The molecule has 0 saturated carbocycles. The van der Waals surface area contributed by atoms with Gasteiger partial charge < -0.3 is 14.6 Å². The molecule has 0 spiro atoms. The zero-order chi connectivity index (χ0) is 11.7. The number of rotatable bonds is 3. The van der Waals surface area contributed by atoms with Crippen LogP contribution >= 0.6 is 12.6 Å². The first-order valence-corrected chi connectivity index (χ1v) is 4.78. The number of hydrogen-bond acceptors (Lipinski definition) is 4. The summed E-state index contributed by atoms with van der Waals surface area (Å²) in [6.45, 7) is 0. The minimum absolute atomic E-state index is 0.0833. The summed E-state index contributed by atoms with van der Waals surface area (Å²) in [6, 6.07) is 7.53. The number of benzene rings is 1. The Balaban J connectivity index is 0.000000336. The Bertz CT molecular complexity index is 278. The van der Waals surface area contributed by atoms with Crippen molar-refractivity contribution >= 4 is 18.6 Å². The summed E-state index contributed by atoms with van der Waals surface area (Å²) in [7, 11) is 3.25. The van der Waals surface area contributed by atoms with E-state index in [0.717, 1.165) is 11.5 Å². The number of aliphatic carboxylic acids is 1. The largest absolute Gasteiger partial charge is 0.493 e. The lowest BCUT2D eigenvalue weighted by atomic mass is 10.3. The molecule has 5 heteroatoms. The van der Waals surface area contributed by atoms with Crippen LogP contribution in [0.25, 0.3) is 0 Å². The van der Waals surface area contributed by atoms with Crippen molar-refractivity contribution in [3.63, 3.8) is 0 Å². The monoisotopic (exact) mass is 230 g/mol. The fourth-order valence-corrected chi connectivity index (χ4v) is 0.787. The van der Waals surface area contributed by atoms with E-state index in [-0.39, 0.29) is 5.75 Å². The van der Waals surface area contributed by atoms with Crippen molar-refractivity contribution in [2.45, 2.75) is 0 Å². The summed E-state index contributed by atoms with van der Waals surface area (Å²) >= 11 is 3.42. The van der Waals surface area contributed by atoms with Gasteiger partial charge in [-0.1, -0.05) is 12.1 Å². The summed E-state index contributed by atoms with van der Waals surface area (Å²) in [5.41, 5.74) is 0.